The van der Waals surface area contributed by atoms with Gasteiger partial charge in [-0.25, -0.2) is 4.98 Å². The largest absolute Gasteiger partial charge is 0.484 e. The van der Waals surface area contributed by atoms with E-state index in [4.69, 9.17) is 4.74 Å². The lowest BCUT2D eigenvalue weighted by molar-refractivity contribution is -0.125. The van der Waals surface area contributed by atoms with Gasteiger partial charge in [-0.1, -0.05) is 60.7 Å². The number of benzene rings is 3. The fourth-order valence-electron chi connectivity index (χ4n) is 2.96. The standard InChI is InChI=1S/C23H19N3O3S/c27-21(13-24-22(28)14-29-17-9-2-1-3-10-17)26-23-25-20(15-30-23)19-12-6-8-16-7-4-5-11-18(16)19/h1-12,15H,13-14H2,(H,24,28)(H,25,26,27). The summed E-state index contributed by atoms with van der Waals surface area (Å²) in [6.45, 7) is -0.306. The van der Waals surface area contributed by atoms with E-state index in [0.29, 0.717) is 10.9 Å². The van der Waals surface area contributed by atoms with E-state index in [1.54, 1.807) is 12.1 Å². The second kappa shape index (κ2) is 9.19. The Morgan fingerprint density at radius 1 is 0.900 bits per heavy atom. The first-order valence-corrected chi connectivity index (χ1v) is 10.2. The van der Waals surface area contributed by atoms with E-state index < -0.39 is 0 Å². The van der Waals surface area contributed by atoms with Gasteiger partial charge in [-0.2, -0.15) is 0 Å². The van der Waals surface area contributed by atoms with Gasteiger partial charge in [0.25, 0.3) is 5.91 Å². The van der Waals surface area contributed by atoms with Crippen molar-refractivity contribution in [1.82, 2.24) is 10.3 Å². The number of thiazole rings is 1. The molecule has 30 heavy (non-hydrogen) atoms. The van der Waals surface area contributed by atoms with Crippen LogP contribution in [-0.2, 0) is 9.59 Å². The third-order valence-corrected chi connectivity index (χ3v) is 5.13. The van der Waals surface area contributed by atoms with Gasteiger partial charge in [0.05, 0.1) is 12.2 Å². The lowest BCUT2D eigenvalue weighted by Crippen LogP contribution is -2.35. The number of ether oxygens (including phenoxy) is 1. The fourth-order valence-corrected chi connectivity index (χ4v) is 3.69. The van der Waals surface area contributed by atoms with Gasteiger partial charge in [0, 0.05) is 10.9 Å². The lowest BCUT2D eigenvalue weighted by Gasteiger charge is -2.07. The predicted molar refractivity (Wildman–Crippen MR) is 119 cm³/mol. The molecule has 0 spiro atoms. The van der Waals surface area contributed by atoms with Crippen LogP contribution in [0, 0.1) is 0 Å². The van der Waals surface area contributed by atoms with Gasteiger partial charge < -0.3 is 15.4 Å². The molecule has 0 aliphatic rings. The average Bonchev–Trinajstić information content (AvgIpc) is 3.24. The first-order valence-electron chi connectivity index (χ1n) is 9.37. The highest BCUT2D eigenvalue weighted by atomic mass is 32.1. The van der Waals surface area contributed by atoms with Crippen molar-refractivity contribution in [2.75, 3.05) is 18.5 Å². The summed E-state index contributed by atoms with van der Waals surface area (Å²) in [5.74, 6) is -0.118. The predicted octanol–water partition coefficient (Wildman–Crippen LogP) is 4.10. The molecule has 0 bridgehead atoms. The number of carbonyl (C=O) groups is 2. The smallest absolute Gasteiger partial charge is 0.258 e. The molecule has 2 N–H and O–H groups in total. The van der Waals surface area contributed by atoms with E-state index in [1.807, 2.05) is 47.8 Å². The maximum Gasteiger partial charge on any atom is 0.258 e. The van der Waals surface area contributed by atoms with Gasteiger partial charge >= 0.3 is 0 Å². The van der Waals surface area contributed by atoms with Crippen molar-refractivity contribution in [2.24, 2.45) is 0 Å². The van der Waals surface area contributed by atoms with Crippen molar-refractivity contribution in [2.45, 2.75) is 0 Å². The summed E-state index contributed by atoms with van der Waals surface area (Å²) >= 11 is 1.34. The van der Waals surface area contributed by atoms with Crippen LogP contribution in [0.3, 0.4) is 0 Å². The van der Waals surface area contributed by atoms with Crippen molar-refractivity contribution >= 4 is 39.1 Å². The average molecular weight is 417 g/mol. The SMILES string of the molecule is O=C(COc1ccccc1)NCC(=O)Nc1nc(-c2cccc3ccccc23)cs1. The summed E-state index contributed by atoms with van der Waals surface area (Å²) in [5, 5.41) is 9.89. The van der Waals surface area contributed by atoms with Crippen LogP contribution in [-0.4, -0.2) is 29.9 Å². The number of amides is 2. The molecule has 1 aromatic heterocycles. The number of carbonyl (C=O) groups excluding carboxylic acids is 2. The van der Waals surface area contributed by atoms with Crippen molar-refractivity contribution in [1.29, 1.82) is 0 Å². The van der Waals surface area contributed by atoms with Crippen LogP contribution < -0.4 is 15.4 Å². The number of hydrogen-bond donors (Lipinski definition) is 2. The summed E-state index contributed by atoms with van der Waals surface area (Å²) in [4.78, 5) is 28.5. The molecule has 0 fully saturated rings. The second-order valence-electron chi connectivity index (χ2n) is 6.49. The fraction of sp³-hybridized carbons (Fsp3) is 0.0870. The second-order valence-corrected chi connectivity index (χ2v) is 7.35. The Morgan fingerprint density at radius 3 is 2.53 bits per heavy atom. The van der Waals surface area contributed by atoms with Gasteiger partial charge in [0.1, 0.15) is 5.75 Å². The third kappa shape index (κ3) is 4.82. The highest BCUT2D eigenvalue weighted by Gasteiger charge is 2.11. The molecular weight excluding hydrogens is 398 g/mol. The number of nitrogens with one attached hydrogen (secondary N) is 2. The summed E-state index contributed by atoms with van der Waals surface area (Å²) in [7, 11) is 0. The molecule has 4 aromatic rings. The van der Waals surface area contributed by atoms with Crippen LogP contribution in [0.2, 0.25) is 0 Å². The van der Waals surface area contributed by atoms with Gasteiger partial charge in [-0.15, -0.1) is 11.3 Å². The molecule has 6 nitrogen and oxygen atoms in total. The number of para-hydroxylation sites is 1. The quantitative estimate of drug-likeness (QED) is 0.475. The Hall–Kier alpha value is -3.71. The van der Waals surface area contributed by atoms with Crippen molar-refractivity contribution in [3.05, 3.63) is 78.2 Å². The maximum absolute atomic E-state index is 12.1. The number of fused-ring (bicyclic) bond motifs is 1. The Kier molecular flexibility index (Phi) is 6.01. The number of anilines is 1. The first kappa shape index (κ1) is 19.6. The zero-order valence-electron chi connectivity index (χ0n) is 16.0. The molecule has 3 aromatic carbocycles. The third-order valence-electron chi connectivity index (χ3n) is 4.38. The molecule has 2 amide bonds. The normalized spacial score (nSPS) is 10.5. The molecule has 0 saturated carbocycles. The van der Waals surface area contributed by atoms with Crippen LogP contribution in [0.25, 0.3) is 22.0 Å². The monoisotopic (exact) mass is 417 g/mol. The molecule has 1 heterocycles. The van der Waals surface area contributed by atoms with Crippen molar-refractivity contribution < 1.29 is 14.3 Å². The Morgan fingerprint density at radius 2 is 1.67 bits per heavy atom. The number of rotatable bonds is 7. The van der Waals surface area contributed by atoms with E-state index >= 15 is 0 Å². The van der Waals surface area contributed by atoms with Crippen LogP contribution in [0.4, 0.5) is 5.13 Å². The first-order chi connectivity index (χ1) is 14.7. The van der Waals surface area contributed by atoms with Gasteiger partial charge in [0.15, 0.2) is 11.7 Å². The molecule has 7 heteroatoms. The minimum atomic E-state index is -0.371. The molecule has 0 aliphatic heterocycles. The Bertz CT molecular complexity index is 1170. The molecule has 0 saturated heterocycles. The van der Waals surface area contributed by atoms with E-state index in [9.17, 15) is 9.59 Å². The van der Waals surface area contributed by atoms with Crippen LogP contribution in [0.5, 0.6) is 5.75 Å². The highest BCUT2D eigenvalue weighted by molar-refractivity contribution is 7.14. The van der Waals surface area contributed by atoms with Crippen LogP contribution >= 0.6 is 11.3 Å². The van der Waals surface area contributed by atoms with E-state index in [1.165, 1.54) is 11.3 Å². The minimum absolute atomic E-state index is 0.153. The Labute approximate surface area is 177 Å². The summed E-state index contributed by atoms with van der Waals surface area (Å²) in [6.07, 6.45) is 0. The molecule has 0 radical (unpaired) electrons. The van der Waals surface area contributed by atoms with Gasteiger partial charge in [-0.05, 0) is 22.9 Å². The number of hydrogen-bond acceptors (Lipinski definition) is 5. The number of aromatic nitrogens is 1. The maximum atomic E-state index is 12.1. The molecule has 0 unspecified atom stereocenters. The zero-order chi connectivity index (χ0) is 20.8. The van der Waals surface area contributed by atoms with Gasteiger partial charge in [-0.3, -0.25) is 9.59 Å². The summed E-state index contributed by atoms with van der Waals surface area (Å²) in [5.41, 5.74) is 1.81. The van der Waals surface area contributed by atoms with Crippen LogP contribution in [0.15, 0.2) is 78.2 Å². The molecule has 0 atom stereocenters. The lowest BCUT2D eigenvalue weighted by atomic mass is 10.0. The van der Waals surface area contributed by atoms with E-state index in [-0.39, 0.29) is 25.0 Å². The van der Waals surface area contributed by atoms with Crippen LogP contribution in [0.1, 0.15) is 0 Å². The minimum Gasteiger partial charge on any atom is -0.484 e. The Balaban J connectivity index is 1.31. The highest BCUT2D eigenvalue weighted by Crippen LogP contribution is 2.30. The summed E-state index contributed by atoms with van der Waals surface area (Å²) in [6, 6.07) is 23.2. The summed E-state index contributed by atoms with van der Waals surface area (Å²) < 4.78 is 5.35. The molecule has 4 rings (SSSR count). The topological polar surface area (TPSA) is 80.3 Å². The molecular formula is C23H19N3O3S. The van der Waals surface area contributed by atoms with Gasteiger partial charge in [0.2, 0.25) is 5.91 Å². The van der Waals surface area contributed by atoms with E-state index in [0.717, 1.165) is 22.0 Å². The van der Waals surface area contributed by atoms with Crippen molar-refractivity contribution in [3.8, 4) is 17.0 Å². The molecule has 150 valence electrons. The van der Waals surface area contributed by atoms with E-state index in [2.05, 4.69) is 33.8 Å². The molecule has 0 aliphatic carbocycles. The zero-order valence-corrected chi connectivity index (χ0v) is 16.8. The number of nitrogens with zero attached hydrogens (tertiary/aromatic N) is 1. The van der Waals surface area contributed by atoms with Crippen molar-refractivity contribution in [3.63, 3.8) is 0 Å².